The second-order valence-corrected chi connectivity index (χ2v) is 4.51. The van der Waals surface area contributed by atoms with E-state index in [1.807, 2.05) is 6.07 Å². The van der Waals surface area contributed by atoms with Crippen molar-refractivity contribution >= 4 is 17.6 Å². The summed E-state index contributed by atoms with van der Waals surface area (Å²) in [5, 5.41) is 11.8. The molecule has 0 bridgehead atoms. The highest BCUT2D eigenvalue weighted by Crippen LogP contribution is 2.20. The first kappa shape index (κ1) is 14.6. The molecule has 0 fully saturated rings. The lowest BCUT2D eigenvalue weighted by Gasteiger charge is -2.10. The standard InChI is InChI=1S/C16H15NO4/c1-11-7-8-14(13(9-11)16(19)20)21-10-15(18)17-12-5-3-2-4-6-12/h2-9H,10H2,1H3,(H,17,18)(H,19,20). The molecular formula is C16H15NO4. The van der Waals surface area contributed by atoms with E-state index in [-0.39, 0.29) is 23.8 Å². The van der Waals surface area contributed by atoms with Gasteiger partial charge in [-0.25, -0.2) is 4.79 Å². The first-order chi connectivity index (χ1) is 10.1. The fourth-order valence-electron chi connectivity index (χ4n) is 1.80. The molecule has 0 heterocycles. The number of carbonyl (C=O) groups excluding carboxylic acids is 1. The lowest BCUT2D eigenvalue weighted by Crippen LogP contribution is -2.20. The average Bonchev–Trinajstić information content (AvgIpc) is 2.47. The van der Waals surface area contributed by atoms with Crippen LogP contribution < -0.4 is 10.1 Å². The minimum atomic E-state index is -1.09. The zero-order chi connectivity index (χ0) is 15.2. The zero-order valence-electron chi connectivity index (χ0n) is 11.5. The monoisotopic (exact) mass is 285 g/mol. The molecule has 0 saturated carbocycles. The first-order valence-electron chi connectivity index (χ1n) is 6.38. The Morgan fingerprint density at radius 2 is 1.86 bits per heavy atom. The third-order valence-electron chi connectivity index (χ3n) is 2.78. The molecule has 0 atom stereocenters. The highest BCUT2D eigenvalue weighted by molar-refractivity contribution is 5.93. The van der Waals surface area contributed by atoms with Gasteiger partial charge >= 0.3 is 5.97 Å². The van der Waals surface area contributed by atoms with Crippen LogP contribution in [0.3, 0.4) is 0 Å². The summed E-state index contributed by atoms with van der Waals surface area (Å²) in [6.45, 7) is 1.54. The number of anilines is 1. The first-order valence-corrected chi connectivity index (χ1v) is 6.38. The molecule has 2 aromatic carbocycles. The Labute approximate surface area is 122 Å². The van der Waals surface area contributed by atoms with Crippen molar-refractivity contribution in [2.24, 2.45) is 0 Å². The van der Waals surface area contributed by atoms with Gasteiger partial charge in [0.2, 0.25) is 0 Å². The predicted molar refractivity (Wildman–Crippen MR) is 78.7 cm³/mol. The van der Waals surface area contributed by atoms with Gasteiger partial charge in [-0.1, -0.05) is 29.8 Å². The van der Waals surface area contributed by atoms with E-state index in [1.165, 1.54) is 6.07 Å². The van der Waals surface area contributed by atoms with E-state index >= 15 is 0 Å². The Hall–Kier alpha value is -2.82. The third kappa shape index (κ3) is 4.07. The average molecular weight is 285 g/mol. The maximum Gasteiger partial charge on any atom is 0.339 e. The Kier molecular flexibility index (Phi) is 4.56. The van der Waals surface area contributed by atoms with Crippen LogP contribution in [0.15, 0.2) is 48.5 Å². The Morgan fingerprint density at radius 3 is 2.52 bits per heavy atom. The largest absolute Gasteiger partial charge is 0.483 e. The number of para-hydroxylation sites is 1. The summed E-state index contributed by atoms with van der Waals surface area (Å²) in [6.07, 6.45) is 0. The summed E-state index contributed by atoms with van der Waals surface area (Å²) >= 11 is 0. The van der Waals surface area contributed by atoms with Crippen LogP contribution in [0.4, 0.5) is 5.69 Å². The van der Waals surface area contributed by atoms with Gasteiger partial charge in [-0.05, 0) is 31.2 Å². The summed E-state index contributed by atoms with van der Waals surface area (Å²) in [6, 6.07) is 13.8. The van der Waals surface area contributed by atoms with Gasteiger partial charge in [-0.15, -0.1) is 0 Å². The van der Waals surface area contributed by atoms with E-state index in [9.17, 15) is 9.59 Å². The maximum absolute atomic E-state index is 11.8. The van der Waals surface area contributed by atoms with E-state index in [0.717, 1.165) is 5.56 Å². The minimum absolute atomic E-state index is 0.0440. The van der Waals surface area contributed by atoms with Crippen LogP contribution in [-0.2, 0) is 4.79 Å². The van der Waals surface area contributed by atoms with E-state index in [0.29, 0.717) is 5.69 Å². The third-order valence-corrected chi connectivity index (χ3v) is 2.78. The second kappa shape index (κ2) is 6.56. The molecule has 5 heteroatoms. The van der Waals surface area contributed by atoms with Crippen molar-refractivity contribution in [1.29, 1.82) is 0 Å². The quantitative estimate of drug-likeness (QED) is 0.885. The van der Waals surface area contributed by atoms with E-state index in [1.54, 1.807) is 43.3 Å². The van der Waals surface area contributed by atoms with Gasteiger partial charge in [0.15, 0.2) is 6.61 Å². The van der Waals surface area contributed by atoms with Gasteiger partial charge in [0.1, 0.15) is 11.3 Å². The molecule has 21 heavy (non-hydrogen) atoms. The molecule has 0 aromatic heterocycles. The molecule has 0 aliphatic carbocycles. The van der Waals surface area contributed by atoms with Crippen LogP contribution in [0, 0.1) is 6.92 Å². The van der Waals surface area contributed by atoms with Gasteiger partial charge in [-0.2, -0.15) is 0 Å². The van der Waals surface area contributed by atoms with E-state index in [4.69, 9.17) is 9.84 Å². The maximum atomic E-state index is 11.8. The molecule has 1 amide bonds. The number of carboxylic acids is 1. The fourth-order valence-corrected chi connectivity index (χ4v) is 1.80. The summed E-state index contributed by atoms with van der Waals surface area (Å²) in [5.74, 6) is -1.26. The van der Waals surface area contributed by atoms with Gasteiger partial charge in [-0.3, -0.25) is 4.79 Å². The smallest absolute Gasteiger partial charge is 0.339 e. The summed E-state index contributed by atoms with van der Waals surface area (Å²) in [7, 11) is 0. The summed E-state index contributed by atoms with van der Waals surface area (Å²) < 4.78 is 5.29. The number of hydrogen-bond acceptors (Lipinski definition) is 3. The highest BCUT2D eigenvalue weighted by Gasteiger charge is 2.13. The Bertz CT molecular complexity index is 653. The van der Waals surface area contributed by atoms with Gasteiger partial charge in [0.05, 0.1) is 0 Å². The summed E-state index contributed by atoms with van der Waals surface area (Å²) in [4.78, 5) is 22.9. The molecule has 0 saturated heterocycles. The summed E-state index contributed by atoms with van der Waals surface area (Å²) in [5.41, 5.74) is 1.52. The van der Waals surface area contributed by atoms with Crippen LogP contribution >= 0.6 is 0 Å². The molecular weight excluding hydrogens is 270 g/mol. The van der Waals surface area contributed by atoms with Crippen LogP contribution in [-0.4, -0.2) is 23.6 Å². The number of ether oxygens (including phenoxy) is 1. The topological polar surface area (TPSA) is 75.6 Å². The normalized spacial score (nSPS) is 9.95. The highest BCUT2D eigenvalue weighted by atomic mass is 16.5. The lowest BCUT2D eigenvalue weighted by molar-refractivity contribution is -0.118. The van der Waals surface area contributed by atoms with Gasteiger partial charge < -0.3 is 15.2 Å². The van der Waals surface area contributed by atoms with Crippen LogP contribution in [0.1, 0.15) is 15.9 Å². The number of benzene rings is 2. The van der Waals surface area contributed by atoms with Crippen LogP contribution in [0.2, 0.25) is 0 Å². The SMILES string of the molecule is Cc1ccc(OCC(=O)Nc2ccccc2)c(C(=O)O)c1. The van der Waals surface area contributed by atoms with E-state index < -0.39 is 5.97 Å². The van der Waals surface area contributed by atoms with Crippen molar-refractivity contribution < 1.29 is 19.4 Å². The molecule has 2 aromatic rings. The molecule has 0 aliphatic rings. The molecule has 5 nitrogen and oxygen atoms in total. The van der Waals surface area contributed by atoms with Crippen LogP contribution in [0.25, 0.3) is 0 Å². The zero-order valence-corrected chi connectivity index (χ0v) is 11.5. The Morgan fingerprint density at radius 1 is 1.14 bits per heavy atom. The molecule has 2 rings (SSSR count). The molecule has 0 radical (unpaired) electrons. The van der Waals surface area contributed by atoms with Crippen molar-refractivity contribution in [2.75, 3.05) is 11.9 Å². The van der Waals surface area contributed by atoms with Crippen molar-refractivity contribution in [3.8, 4) is 5.75 Å². The number of carbonyl (C=O) groups is 2. The number of hydrogen-bond donors (Lipinski definition) is 2. The van der Waals surface area contributed by atoms with Crippen molar-refractivity contribution in [3.63, 3.8) is 0 Å². The molecule has 2 N–H and O–H groups in total. The molecule has 0 aliphatic heterocycles. The van der Waals surface area contributed by atoms with Gasteiger partial charge in [0.25, 0.3) is 5.91 Å². The van der Waals surface area contributed by atoms with E-state index in [2.05, 4.69) is 5.32 Å². The number of aromatic carboxylic acids is 1. The van der Waals surface area contributed by atoms with Crippen molar-refractivity contribution in [1.82, 2.24) is 0 Å². The molecule has 108 valence electrons. The predicted octanol–water partition coefficient (Wildman–Crippen LogP) is 2.71. The second-order valence-electron chi connectivity index (χ2n) is 4.51. The molecule has 0 spiro atoms. The number of aryl methyl sites for hydroxylation is 1. The van der Waals surface area contributed by atoms with Crippen molar-refractivity contribution in [2.45, 2.75) is 6.92 Å². The number of nitrogens with one attached hydrogen (secondary N) is 1. The number of rotatable bonds is 5. The minimum Gasteiger partial charge on any atom is -0.483 e. The Balaban J connectivity index is 2.00. The number of carboxylic acid groups (broad SMARTS) is 1. The fraction of sp³-hybridized carbons (Fsp3) is 0.125. The molecule has 0 unspecified atom stereocenters. The van der Waals surface area contributed by atoms with Crippen LogP contribution in [0.5, 0.6) is 5.75 Å². The lowest BCUT2D eigenvalue weighted by atomic mass is 10.1. The number of amides is 1. The van der Waals surface area contributed by atoms with Crippen molar-refractivity contribution in [3.05, 3.63) is 59.7 Å². The van der Waals surface area contributed by atoms with Gasteiger partial charge in [0, 0.05) is 5.69 Å².